The third kappa shape index (κ3) is 4.78. The zero-order chi connectivity index (χ0) is 12.8. The third-order valence-corrected chi connectivity index (χ3v) is 1.76. The number of rotatable bonds is 4. The first kappa shape index (κ1) is 13.4. The molecule has 17 heavy (non-hydrogen) atoms. The molecule has 0 bridgehead atoms. The number of hydroxylamine groups is 1. The second-order valence-electron chi connectivity index (χ2n) is 3.89. The number of amides is 2. The zero-order valence-electron chi connectivity index (χ0n) is 9.59. The maximum Gasteiger partial charge on any atom is 0.343 e. The number of halogens is 2. The summed E-state index contributed by atoms with van der Waals surface area (Å²) in [5.41, 5.74) is 1.98. The minimum Gasteiger partial charge on any atom is -0.303 e. The van der Waals surface area contributed by atoms with E-state index in [9.17, 15) is 13.6 Å². The lowest BCUT2D eigenvalue weighted by Crippen LogP contribution is -2.30. The van der Waals surface area contributed by atoms with Crippen LogP contribution < -0.4 is 10.8 Å². The van der Waals surface area contributed by atoms with E-state index in [1.807, 2.05) is 13.8 Å². The van der Waals surface area contributed by atoms with Crippen LogP contribution in [-0.2, 0) is 4.84 Å². The molecule has 0 atom stereocenters. The fraction of sp³-hybridized carbons (Fsp3) is 0.364. The summed E-state index contributed by atoms with van der Waals surface area (Å²) in [6.07, 6.45) is 0. The molecular formula is C11H14F2N2O2. The first-order valence-electron chi connectivity index (χ1n) is 5.13. The van der Waals surface area contributed by atoms with Gasteiger partial charge in [0.1, 0.15) is 11.6 Å². The molecule has 4 nitrogen and oxygen atoms in total. The van der Waals surface area contributed by atoms with Gasteiger partial charge < -0.3 is 5.32 Å². The van der Waals surface area contributed by atoms with Crippen LogP contribution in [0.25, 0.3) is 0 Å². The van der Waals surface area contributed by atoms with Gasteiger partial charge in [-0.3, -0.25) is 4.84 Å². The Morgan fingerprint density at radius 2 is 2.12 bits per heavy atom. The molecule has 0 aliphatic carbocycles. The second kappa shape index (κ2) is 6.15. The summed E-state index contributed by atoms with van der Waals surface area (Å²) in [6, 6.07) is 2.15. The van der Waals surface area contributed by atoms with Gasteiger partial charge in [0.25, 0.3) is 0 Å². The molecule has 94 valence electrons. The van der Waals surface area contributed by atoms with E-state index >= 15 is 0 Å². The Hall–Kier alpha value is -1.69. The second-order valence-corrected chi connectivity index (χ2v) is 3.89. The Bertz CT molecular complexity index is 397. The molecule has 0 saturated heterocycles. The van der Waals surface area contributed by atoms with Crippen molar-refractivity contribution in [3.8, 4) is 0 Å². The van der Waals surface area contributed by atoms with E-state index in [4.69, 9.17) is 4.84 Å². The van der Waals surface area contributed by atoms with Gasteiger partial charge in [0.2, 0.25) is 0 Å². The molecule has 2 amide bonds. The van der Waals surface area contributed by atoms with E-state index in [-0.39, 0.29) is 11.6 Å². The average Bonchev–Trinajstić information content (AvgIpc) is 2.21. The normalized spacial score (nSPS) is 10.4. The third-order valence-electron chi connectivity index (χ3n) is 1.76. The standard InChI is InChI=1S/C11H14F2N2O2/c1-7(2)6-17-15-11(16)14-10-4-3-8(12)5-9(10)13/h3-5,7H,6H2,1-2H3,(H2,14,15,16). The SMILES string of the molecule is CC(C)CONC(=O)Nc1ccc(F)cc1F. The van der Waals surface area contributed by atoms with Crippen molar-refractivity contribution in [3.63, 3.8) is 0 Å². The number of benzene rings is 1. The first-order chi connectivity index (χ1) is 7.99. The van der Waals surface area contributed by atoms with E-state index in [1.165, 1.54) is 0 Å². The summed E-state index contributed by atoms with van der Waals surface area (Å²) in [7, 11) is 0. The first-order valence-corrected chi connectivity index (χ1v) is 5.13. The van der Waals surface area contributed by atoms with E-state index < -0.39 is 17.7 Å². The zero-order valence-corrected chi connectivity index (χ0v) is 9.59. The minimum atomic E-state index is -0.844. The van der Waals surface area contributed by atoms with Crippen LogP contribution in [0.5, 0.6) is 0 Å². The lowest BCUT2D eigenvalue weighted by atomic mass is 10.2. The summed E-state index contributed by atoms with van der Waals surface area (Å²) in [5, 5.41) is 2.19. The molecule has 1 rings (SSSR count). The van der Waals surface area contributed by atoms with Gasteiger partial charge in [0, 0.05) is 6.07 Å². The molecule has 0 radical (unpaired) electrons. The molecular weight excluding hydrogens is 230 g/mol. The smallest absolute Gasteiger partial charge is 0.303 e. The topological polar surface area (TPSA) is 50.4 Å². The molecule has 0 aliphatic heterocycles. The number of anilines is 1. The predicted molar refractivity (Wildman–Crippen MR) is 59.3 cm³/mol. The summed E-state index contributed by atoms with van der Waals surface area (Å²) in [6.45, 7) is 4.18. The van der Waals surface area contributed by atoms with Crippen LogP contribution in [0.15, 0.2) is 18.2 Å². The number of carbonyl (C=O) groups is 1. The number of urea groups is 1. The highest BCUT2D eigenvalue weighted by molar-refractivity contribution is 5.88. The molecule has 1 aromatic carbocycles. The quantitative estimate of drug-likeness (QED) is 0.800. The molecule has 0 spiro atoms. The fourth-order valence-corrected chi connectivity index (χ4v) is 1.01. The Morgan fingerprint density at radius 1 is 1.41 bits per heavy atom. The predicted octanol–water partition coefficient (Wildman–Crippen LogP) is 2.67. The van der Waals surface area contributed by atoms with Crippen LogP contribution in [0, 0.1) is 17.6 Å². The molecule has 0 unspecified atom stereocenters. The van der Waals surface area contributed by atoms with Gasteiger partial charge in [-0.05, 0) is 18.1 Å². The van der Waals surface area contributed by atoms with Crippen LogP contribution in [0.3, 0.4) is 0 Å². The summed E-state index contributed by atoms with van der Waals surface area (Å²) >= 11 is 0. The van der Waals surface area contributed by atoms with Crippen molar-refractivity contribution in [1.82, 2.24) is 5.48 Å². The highest BCUT2D eigenvalue weighted by atomic mass is 19.1. The van der Waals surface area contributed by atoms with Crippen LogP contribution in [0.4, 0.5) is 19.3 Å². The van der Waals surface area contributed by atoms with Gasteiger partial charge in [-0.25, -0.2) is 19.1 Å². The molecule has 0 aromatic heterocycles. The summed E-state index contributed by atoms with van der Waals surface area (Å²) < 4.78 is 25.7. The van der Waals surface area contributed by atoms with E-state index in [2.05, 4.69) is 10.8 Å². The molecule has 1 aromatic rings. The maximum atomic E-state index is 13.1. The minimum absolute atomic E-state index is 0.114. The highest BCUT2D eigenvalue weighted by Gasteiger charge is 2.07. The van der Waals surface area contributed by atoms with Crippen molar-refractivity contribution in [1.29, 1.82) is 0 Å². The average molecular weight is 244 g/mol. The van der Waals surface area contributed by atoms with Crippen LogP contribution in [-0.4, -0.2) is 12.6 Å². The maximum absolute atomic E-state index is 13.1. The van der Waals surface area contributed by atoms with Crippen molar-refractivity contribution in [2.75, 3.05) is 11.9 Å². The molecule has 2 N–H and O–H groups in total. The highest BCUT2D eigenvalue weighted by Crippen LogP contribution is 2.14. The largest absolute Gasteiger partial charge is 0.343 e. The van der Waals surface area contributed by atoms with Gasteiger partial charge in [0.15, 0.2) is 0 Å². The van der Waals surface area contributed by atoms with E-state index in [1.54, 1.807) is 0 Å². The van der Waals surface area contributed by atoms with Crippen LogP contribution >= 0.6 is 0 Å². The summed E-state index contributed by atoms with van der Waals surface area (Å²) in [4.78, 5) is 16.1. The van der Waals surface area contributed by atoms with Gasteiger partial charge in [-0.2, -0.15) is 0 Å². The lowest BCUT2D eigenvalue weighted by molar-refractivity contribution is 0.0482. The fourth-order valence-electron chi connectivity index (χ4n) is 1.01. The summed E-state index contributed by atoms with van der Waals surface area (Å²) in [5.74, 6) is -1.29. The van der Waals surface area contributed by atoms with E-state index in [0.717, 1.165) is 12.1 Å². The van der Waals surface area contributed by atoms with Gasteiger partial charge in [-0.1, -0.05) is 13.8 Å². The van der Waals surface area contributed by atoms with Crippen molar-refractivity contribution >= 4 is 11.7 Å². The van der Waals surface area contributed by atoms with Gasteiger partial charge in [-0.15, -0.1) is 0 Å². The van der Waals surface area contributed by atoms with Crippen molar-refractivity contribution in [2.24, 2.45) is 5.92 Å². The lowest BCUT2D eigenvalue weighted by Gasteiger charge is -2.09. The molecule has 6 heteroatoms. The van der Waals surface area contributed by atoms with Crippen LogP contribution in [0.2, 0.25) is 0 Å². The molecule has 0 heterocycles. The number of carbonyl (C=O) groups excluding carboxylic acids is 1. The molecule has 0 aliphatic rings. The molecule has 0 fully saturated rings. The van der Waals surface area contributed by atoms with Crippen molar-refractivity contribution in [2.45, 2.75) is 13.8 Å². The Balaban J connectivity index is 2.45. The Kier molecular flexibility index (Phi) is 4.84. The number of hydrogen-bond acceptors (Lipinski definition) is 2. The van der Waals surface area contributed by atoms with Gasteiger partial charge in [0.05, 0.1) is 12.3 Å². The van der Waals surface area contributed by atoms with Crippen molar-refractivity contribution in [3.05, 3.63) is 29.8 Å². The monoisotopic (exact) mass is 244 g/mol. The van der Waals surface area contributed by atoms with Crippen LogP contribution in [0.1, 0.15) is 13.8 Å². The Labute approximate surface area is 97.9 Å². The van der Waals surface area contributed by atoms with E-state index in [0.29, 0.717) is 12.7 Å². The Morgan fingerprint density at radius 3 is 2.71 bits per heavy atom. The van der Waals surface area contributed by atoms with Gasteiger partial charge >= 0.3 is 6.03 Å². The molecule has 0 saturated carbocycles. The number of nitrogens with one attached hydrogen (secondary N) is 2. The van der Waals surface area contributed by atoms with Crippen molar-refractivity contribution < 1.29 is 18.4 Å². The number of hydrogen-bond donors (Lipinski definition) is 2.